The fraction of sp³-hybridized carbons (Fsp3) is 0.400. The van der Waals surface area contributed by atoms with Crippen LogP contribution in [-0.2, 0) is 4.79 Å². The number of hydrogen-bond acceptors (Lipinski definition) is 3. The van der Waals surface area contributed by atoms with Gasteiger partial charge in [0.1, 0.15) is 5.82 Å². The summed E-state index contributed by atoms with van der Waals surface area (Å²) in [7, 11) is 0. The van der Waals surface area contributed by atoms with Crippen molar-refractivity contribution in [3.8, 4) is 0 Å². The SMILES string of the molecule is O=C(Nc1ccc(I)cn1)C1CCCS1. The van der Waals surface area contributed by atoms with E-state index < -0.39 is 0 Å². The number of nitrogens with one attached hydrogen (secondary N) is 1. The third-order valence-electron chi connectivity index (χ3n) is 2.20. The summed E-state index contributed by atoms with van der Waals surface area (Å²) in [6, 6.07) is 3.77. The molecule has 1 saturated heterocycles. The van der Waals surface area contributed by atoms with Crippen molar-refractivity contribution in [1.29, 1.82) is 0 Å². The van der Waals surface area contributed by atoms with E-state index >= 15 is 0 Å². The first kappa shape index (κ1) is 11.2. The predicted molar refractivity (Wildman–Crippen MR) is 71.1 cm³/mol. The van der Waals surface area contributed by atoms with Crippen LogP contribution in [0.3, 0.4) is 0 Å². The van der Waals surface area contributed by atoms with Crippen LogP contribution in [0.5, 0.6) is 0 Å². The van der Waals surface area contributed by atoms with E-state index in [2.05, 4.69) is 32.9 Å². The second-order valence-electron chi connectivity index (χ2n) is 3.35. The maximum Gasteiger partial charge on any atom is 0.238 e. The zero-order valence-corrected chi connectivity index (χ0v) is 11.0. The van der Waals surface area contributed by atoms with Gasteiger partial charge < -0.3 is 5.32 Å². The van der Waals surface area contributed by atoms with Crippen LogP contribution in [-0.4, -0.2) is 21.9 Å². The largest absolute Gasteiger partial charge is 0.310 e. The van der Waals surface area contributed by atoms with Gasteiger partial charge in [-0.1, -0.05) is 0 Å². The summed E-state index contributed by atoms with van der Waals surface area (Å²) in [5.74, 6) is 1.83. The second-order valence-corrected chi connectivity index (χ2v) is 5.91. The average Bonchev–Trinajstić information content (AvgIpc) is 2.74. The Morgan fingerprint density at radius 1 is 1.60 bits per heavy atom. The molecule has 1 N–H and O–H groups in total. The van der Waals surface area contributed by atoms with Gasteiger partial charge in [0.05, 0.1) is 5.25 Å². The molecule has 1 amide bonds. The van der Waals surface area contributed by atoms with Crippen molar-refractivity contribution in [2.75, 3.05) is 11.1 Å². The number of pyridine rings is 1. The number of aromatic nitrogens is 1. The molecule has 1 aromatic heterocycles. The van der Waals surface area contributed by atoms with Crippen molar-refractivity contribution >= 4 is 46.1 Å². The van der Waals surface area contributed by atoms with Gasteiger partial charge in [0, 0.05) is 9.77 Å². The Labute approximate surface area is 107 Å². The van der Waals surface area contributed by atoms with Crippen molar-refractivity contribution in [2.45, 2.75) is 18.1 Å². The van der Waals surface area contributed by atoms with Gasteiger partial charge in [-0.05, 0) is 53.3 Å². The van der Waals surface area contributed by atoms with Crippen molar-refractivity contribution in [2.24, 2.45) is 0 Å². The lowest BCUT2D eigenvalue weighted by Gasteiger charge is -2.08. The summed E-state index contributed by atoms with van der Waals surface area (Å²) >= 11 is 3.92. The topological polar surface area (TPSA) is 42.0 Å². The van der Waals surface area contributed by atoms with Gasteiger partial charge in [0.2, 0.25) is 5.91 Å². The number of amides is 1. The number of thioether (sulfide) groups is 1. The van der Waals surface area contributed by atoms with Gasteiger partial charge in [-0.2, -0.15) is 0 Å². The van der Waals surface area contributed by atoms with Crippen molar-refractivity contribution in [3.05, 3.63) is 21.9 Å². The maximum absolute atomic E-state index is 11.7. The van der Waals surface area contributed by atoms with Crippen LogP contribution in [0.1, 0.15) is 12.8 Å². The first-order chi connectivity index (χ1) is 7.25. The van der Waals surface area contributed by atoms with Gasteiger partial charge in [0.25, 0.3) is 0 Å². The smallest absolute Gasteiger partial charge is 0.238 e. The number of hydrogen-bond donors (Lipinski definition) is 1. The van der Waals surface area contributed by atoms with Crippen LogP contribution < -0.4 is 5.32 Å². The van der Waals surface area contributed by atoms with Crippen molar-refractivity contribution < 1.29 is 4.79 Å². The molecule has 1 unspecified atom stereocenters. The van der Waals surface area contributed by atoms with E-state index in [0.29, 0.717) is 5.82 Å². The zero-order valence-electron chi connectivity index (χ0n) is 8.07. The van der Waals surface area contributed by atoms with Gasteiger partial charge in [-0.15, -0.1) is 11.8 Å². The Morgan fingerprint density at radius 2 is 2.47 bits per heavy atom. The standard InChI is InChI=1S/C10H11IN2OS/c11-7-3-4-9(12-6-7)13-10(14)8-2-1-5-15-8/h3-4,6,8H,1-2,5H2,(H,12,13,14). The van der Waals surface area contributed by atoms with E-state index in [0.717, 1.165) is 22.2 Å². The number of halogens is 1. The number of rotatable bonds is 2. The molecule has 1 fully saturated rings. The summed E-state index contributed by atoms with van der Waals surface area (Å²) in [5, 5.41) is 2.95. The quantitative estimate of drug-likeness (QED) is 0.845. The highest BCUT2D eigenvalue weighted by Crippen LogP contribution is 2.26. The van der Waals surface area contributed by atoms with E-state index in [1.54, 1.807) is 18.0 Å². The molecule has 0 spiro atoms. The Morgan fingerprint density at radius 3 is 3.07 bits per heavy atom. The molecule has 3 nitrogen and oxygen atoms in total. The number of nitrogens with zero attached hydrogens (tertiary/aromatic N) is 1. The molecule has 0 aromatic carbocycles. The highest BCUT2D eigenvalue weighted by molar-refractivity contribution is 14.1. The summed E-state index contributed by atoms with van der Waals surface area (Å²) in [6.07, 6.45) is 3.88. The zero-order chi connectivity index (χ0) is 10.7. The molecule has 1 aliphatic heterocycles. The fourth-order valence-corrected chi connectivity index (χ4v) is 2.92. The minimum absolute atomic E-state index is 0.0891. The van der Waals surface area contributed by atoms with Crippen LogP contribution in [0.2, 0.25) is 0 Å². The third kappa shape index (κ3) is 3.07. The van der Waals surface area contributed by atoms with E-state index in [1.165, 1.54) is 0 Å². The first-order valence-corrected chi connectivity index (χ1v) is 6.92. The Hall–Kier alpha value is -0.300. The summed E-state index contributed by atoms with van der Waals surface area (Å²) in [5.41, 5.74) is 0. The van der Waals surface area contributed by atoms with Crippen LogP contribution >= 0.6 is 34.4 Å². The number of carbonyl (C=O) groups is 1. The normalized spacial score (nSPS) is 20.2. The average molecular weight is 334 g/mol. The molecule has 0 bridgehead atoms. The van der Waals surface area contributed by atoms with Crippen LogP contribution in [0, 0.1) is 3.57 Å². The van der Waals surface area contributed by atoms with Crippen molar-refractivity contribution in [1.82, 2.24) is 4.98 Å². The van der Waals surface area contributed by atoms with Crippen LogP contribution in [0.4, 0.5) is 5.82 Å². The summed E-state index contributed by atoms with van der Waals surface area (Å²) in [4.78, 5) is 15.9. The first-order valence-electron chi connectivity index (χ1n) is 4.80. The lowest BCUT2D eigenvalue weighted by atomic mass is 10.2. The number of carbonyl (C=O) groups excluding carboxylic acids is 1. The summed E-state index contributed by atoms with van der Waals surface area (Å²) in [6.45, 7) is 0. The second kappa shape index (κ2) is 5.16. The third-order valence-corrected chi connectivity index (χ3v) is 4.22. The Balaban J connectivity index is 1.96. The van der Waals surface area contributed by atoms with E-state index in [9.17, 15) is 4.79 Å². The van der Waals surface area contributed by atoms with E-state index in [4.69, 9.17) is 0 Å². The van der Waals surface area contributed by atoms with Gasteiger partial charge in [-0.25, -0.2) is 4.98 Å². The van der Waals surface area contributed by atoms with Gasteiger partial charge in [-0.3, -0.25) is 4.79 Å². The maximum atomic E-state index is 11.7. The van der Waals surface area contributed by atoms with Crippen LogP contribution in [0.15, 0.2) is 18.3 Å². The molecular formula is C10H11IN2OS. The molecule has 2 heterocycles. The van der Waals surface area contributed by atoms with Gasteiger partial charge >= 0.3 is 0 Å². The highest BCUT2D eigenvalue weighted by Gasteiger charge is 2.23. The molecule has 80 valence electrons. The molecule has 15 heavy (non-hydrogen) atoms. The monoisotopic (exact) mass is 334 g/mol. The lowest BCUT2D eigenvalue weighted by molar-refractivity contribution is -0.115. The van der Waals surface area contributed by atoms with E-state index in [1.807, 2.05) is 12.1 Å². The minimum atomic E-state index is 0.0891. The highest BCUT2D eigenvalue weighted by atomic mass is 127. The Kier molecular flexibility index (Phi) is 3.85. The molecule has 1 aromatic rings. The summed E-state index contributed by atoms with van der Waals surface area (Å²) < 4.78 is 1.07. The fourth-order valence-electron chi connectivity index (χ4n) is 1.44. The molecule has 1 aliphatic rings. The molecule has 1 atom stereocenters. The van der Waals surface area contributed by atoms with Gasteiger partial charge in [0.15, 0.2) is 0 Å². The molecule has 0 radical (unpaired) electrons. The lowest BCUT2D eigenvalue weighted by Crippen LogP contribution is -2.23. The number of anilines is 1. The molecular weight excluding hydrogens is 323 g/mol. The molecule has 5 heteroatoms. The Bertz CT molecular complexity index is 349. The minimum Gasteiger partial charge on any atom is -0.310 e. The van der Waals surface area contributed by atoms with E-state index in [-0.39, 0.29) is 11.2 Å². The molecule has 0 saturated carbocycles. The molecule has 2 rings (SSSR count). The van der Waals surface area contributed by atoms with Crippen LogP contribution in [0.25, 0.3) is 0 Å². The predicted octanol–water partition coefficient (Wildman–Crippen LogP) is 2.52. The van der Waals surface area contributed by atoms with Crippen molar-refractivity contribution in [3.63, 3.8) is 0 Å². The molecule has 0 aliphatic carbocycles.